The second-order valence-corrected chi connectivity index (χ2v) is 5.70. The summed E-state index contributed by atoms with van der Waals surface area (Å²) in [7, 11) is 0. The zero-order chi connectivity index (χ0) is 19.3. The van der Waals surface area contributed by atoms with E-state index in [0.29, 0.717) is 12.4 Å². The molecule has 0 atom stereocenters. The zero-order valence-corrected chi connectivity index (χ0v) is 14.5. The van der Waals surface area contributed by atoms with Crippen LogP contribution in [0.25, 0.3) is 11.4 Å². The molecular weight excluding hydrogens is 361 g/mol. The Kier molecular flexibility index (Phi) is 5.63. The van der Waals surface area contributed by atoms with Crippen molar-refractivity contribution in [2.45, 2.75) is 26.1 Å². The quantitative estimate of drug-likeness (QED) is 0.571. The van der Waals surface area contributed by atoms with Gasteiger partial charge in [-0.2, -0.15) is 18.2 Å². The number of rotatable bonds is 7. The van der Waals surface area contributed by atoms with Gasteiger partial charge in [-0.15, -0.1) is 0 Å². The average Bonchev–Trinajstić information content (AvgIpc) is 3.14. The molecule has 0 saturated carbocycles. The van der Waals surface area contributed by atoms with Crippen LogP contribution in [-0.4, -0.2) is 16.7 Å². The first-order valence-electron chi connectivity index (χ1n) is 8.31. The van der Waals surface area contributed by atoms with E-state index in [0.717, 1.165) is 24.3 Å². The van der Waals surface area contributed by atoms with Crippen LogP contribution in [0.5, 0.6) is 11.5 Å². The SMILES string of the molecule is CCCOc1ccc(OCc2nc(-c3cccc(C(F)(F)F)c3)no2)cc1. The van der Waals surface area contributed by atoms with Crippen LogP contribution in [0.2, 0.25) is 0 Å². The van der Waals surface area contributed by atoms with Crippen molar-refractivity contribution in [1.82, 2.24) is 10.1 Å². The molecule has 0 radical (unpaired) electrons. The lowest BCUT2D eigenvalue weighted by atomic mass is 10.1. The molecule has 0 unspecified atom stereocenters. The van der Waals surface area contributed by atoms with E-state index in [-0.39, 0.29) is 23.9 Å². The van der Waals surface area contributed by atoms with Gasteiger partial charge in [-0.1, -0.05) is 24.2 Å². The van der Waals surface area contributed by atoms with Gasteiger partial charge in [0.1, 0.15) is 11.5 Å². The van der Waals surface area contributed by atoms with Crippen molar-refractivity contribution >= 4 is 0 Å². The molecule has 27 heavy (non-hydrogen) atoms. The van der Waals surface area contributed by atoms with Crippen LogP contribution in [0.3, 0.4) is 0 Å². The fourth-order valence-corrected chi connectivity index (χ4v) is 2.26. The topological polar surface area (TPSA) is 57.4 Å². The van der Waals surface area contributed by atoms with E-state index in [9.17, 15) is 13.2 Å². The van der Waals surface area contributed by atoms with Crippen LogP contribution in [0, 0.1) is 0 Å². The first-order valence-corrected chi connectivity index (χ1v) is 8.31. The average molecular weight is 378 g/mol. The number of aromatic nitrogens is 2. The van der Waals surface area contributed by atoms with Gasteiger partial charge < -0.3 is 14.0 Å². The second kappa shape index (κ2) is 8.11. The molecule has 142 valence electrons. The first-order chi connectivity index (χ1) is 13.0. The molecule has 0 bridgehead atoms. The van der Waals surface area contributed by atoms with E-state index >= 15 is 0 Å². The Morgan fingerprint density at radius 3 is 2.37 bits per heavy atom. The molecule has 2 aromatic carbocycles. The van der Waals surface area contributed by atoms with Gasteiger partial charge in [-0.05, 0) is 42.8 Å². The zero-order valence-electron chi connectivity index (χ0n) is 14.5. The van der Waals surface area contributed by atoms with E-state index in [4.69, 9.17) is 14.0 Å². The standard InChI is InChI=1S/C19H17F3N2O3/c1-2-10-25-15-6-8-16(9-7-15)26-12-17-23-18(24-27-17)13-4-3-5-14(11-13)19(20,21)22/h3-9,11H,2,10,12H2,1H3. The van der Waals surface area contributed by atoms with Crippen molar-refractivity contribution < 1.29 is 27.2 Å². The van der Waals surface area contributed by atoms with Crippen LogP contribution in [0.1, 0.15) is 24.8 Å². The van der Waals surface area contributed by atoms with Crippen LogP contribution in [-0.2, 0) is 12.8 Å². The van der Waals surface area contributed by atoms with Crippen molar-refractivity contribution in [2.24, 2.45) is 0 Å². The molecule has 0 amide bonds. The first kappa shape index (κ1) is 18.8. The Hall–Kier alpha value is -3.03. The predicted molar refractivity (Wildman–Crippen MR) is 91.3 cm³/mol. The Labute approximate surface area is 153 Å². The third kappa shape index (κ3) is 4.99. The Morgan fingerprint density at radius 1 is 1.00 bits per heavy atom. The van der Waals surface area contributed by atoms with E-state index in [1.165, 1.54) is 12.1 Å². The highest BCUT2D eigenvalue weighted by Gasteiger charge is 2.30. The number of ether oxygens (including phenoxy) is 2. The van der Waals surface area contributed by atoms with Crippen molar-refractivity contribution in [3.05, 3.63) is 60.0 Å². The molecule has 0 fully saturated rings. The maximum Gasteiger partial charge on any atom is 0.416 e. The molecule has 0 saturated heterocycles. The highest BCUT2D eigenvalue weighted by Crippen LogP contribution is 2.31. The van der Waals surface area contributed by atoms with Crippen molar-refractivity contribution in [2.75, 3.05) is 6.61 Å². The molecule has 0 aliphatic carbocycles. The number of hydrogen-bond acceptors (Lipinski definition) is 5. The highest BCUT2D eigenvalue weighted by atomic mass is 19.4. The molecule has 0 aliphatic heterocycles. The molecule has 5 nitrogen and oxygen atoms in total. The van der Waals surface area contributed by atoms with E-state index in [2.05, 4.69) is 10.1 Å². The minimum Gasteiger partial charge on any atom is -0.494 e. The molecule has 1 aromatic heterocycles. The summed E-state index contributed by atoms with van der Waals surface area (Å²) in [6.45, 7) is 2.66. The minimum absolute atomic E-state index is 0.00112. The normalized spacial score (nSPS) is 11.4. The summed E-state index contributed by atoms with van der Waals surface area (Å²) in [4.78, 5) is 4.08. The maximum atomic E-state index is 12.8. The number of halogens is 3. The summed E-state index contributed by atoms with van der Waals surface area (Å²) in [6, 6.07) is 11.8. The summed E-state index contributed by atoms with van der Waals surface area (Å²) >= 11 is 0. The van der Waals surface area contributed by atoms with Crippen LogP contribution in [0.4, 0.5) is 13.2 Å². The van der Waals surface area contributed by atoms with Crippen LogP contribution >= 0.6 is 0 Å². The minimum atomic E-state index is -4.43. The summed E-state index contributed by atoms with van der Waals surface area (Å²) in [5, 5.41) is 3.72. The van der Waals surface area contributed by atoms with Gasteiger partial charge in [0.05, 0.1) is 12.2 Å². The van der Waals surface area contributed by atoms with Crippen molar-refractivity contribution in [3.8, 4) is 22.9 Å². The molecule has 0 N–H and O–H groups in total. The number of nitrogens with zero attached hydrogens (tertiary/aromatic N) is 2. The lowest BCUT2D eigenvalue weighted by molar-refractivity contribution is -0.137. The molecule has 1 heterocycles. The van der Waals surface area contributed by atoms with Crippen LogP contribution in [0.15, 0.2) is 53.1 Å². The third-order valence-corrected chi connectivity index (χ3v) is 3.58. The lowest BCUT2D eigenvalue weighted by Gasteiger charge is -2.06. The van der Waals surface area contributed by atoms with E-state index in [1.807, 2.05) is 6.92 Å². The largest absolute Gasteiger partial charge is 0.494 e. The van der Waals surface area contributed by atoms with E-state index < -0.39 is 11.7 Å². The van der Waals surface area contributed by atoms with Crippen LogP contribution < -0.4 is 9.47 Å². The van der Waals surface area contributed by atoms with Gasteiger partial charge in [0.25, 0.3) is 5.89 Å². The Bertz CT molecular complexity index is 876. The number of alkyl halides is 3. The van der Waals surface area contributed by atoms with Crippen molar-refractivity contribution in [3.63, 3.8) is 0 Å². The second-order valence-electron chi connectivity index (χ2n) is 5.70. The number of benzene rings is 2. The van der Waals surface area contributed by atoms with Gasteiger partial charge in [0.15, 0.2) is 6.61 Å². The Balaban J connectivity index is 1.63. The fourth-order valence-electron chi connectivity index (χ4n) is 2.26. The lowest BCUT2D eigenvalue weighted by Crippen LogP contribution is -2.04. The molecular formula is C19H17F3N2O3. The highest BCUT2D eigenvalue weighted by molar-refractivity contribution is 5.55. The number of hydrogen-bond donors (Lipinski definition) is 0. The summed E-state index contributed by atoms with van der Waals surface area (Å²) < 4.78 is 54.5. The third-order valence-electron chi connectivity index (χ3n) is 3.58. The monoisotopic (exact) mass is 378 g/mol. The molecule has 3 rings (SSSR count). The molecule has 0 spiro atoms. The van der Waals surface area contributed by atoms with Gasteiger partial charge >= 0.3 is 6.18 Å². The van der Waals surface area contributed by atoms with Gasteiger partial charge in [-0.25, -0.2) is 0 Å². The summed E-state index contributed by atoms with van der Waals surface area (Å²) in [6.07, 6.45) is -3.51. The van der Waals surface area contributed by atoms with Gasteiger partial charge in [0, 0.05) is 5.56 Å². The molecule has 8 heteroatoms. The predicted octanol–water partition coefficient (Wildman–Crippen LogP) is 5.12. The van der Waals surface area contributed by atoms with Gasteiger partial charge in [0.2, 0.25) is 5.82 Å². The smallest absolute Gasteiger partial charge is 0.416 e. The van der Waals surface area contributed by atoms with Gasteiger partial charge in [-0.3, -0.25) is 0 Å². The maximum absolute atomic E-state index is 12.8. The summed E-state index contributed by atoms with van der Waals surface area (Å²) in [5.74, 6) is 1.56. The van der Waals surface area contributed by atoms with E-state index in [1.54, 1.807) is 24.3 Å². The summed E-state index contributed by atoms with van der Waals surface area (Å²) in [5.41, 5.74) is -0.551. The molecule has 0 aliphatic rings. The molecule has 3 aromatic rings. The fraction of sp³-hybridized carbons (Fsp3) is 0.263. The Morgan fingerprint density at radius 2 is 1.70 bits per heavy atom. The van der Waals surface area contributed by atoms with Crippen molar-refractivity contribution in [1.29, 1.82) is 0 Å².